The van der Waals surface area contributed by atoms with Gasteiger partial charge < -0.3 is 9.47 Å². The van der Waals surface area contributed by atoms with Gasteiger partial charge in [0.05, 0.1) is 5.60 Å². The number of hydrogen-bond acceptors (Lipinski definition) is 2. The van der Waals surface area contributed by atoms with Crippen molar-refractivity contribution in [2.45, 2.75) is 82.2 Å². The topological polar surface area (TPSA) is 21.8 Å². The van der Waals surface area contributed by atoms with Gasteiger partial charge >= 0.3 is 0 Å². The molecule has 0 amide bonds. The summed E-state index contributed by atoms with van der Waals surface area (Å²) in [5.41, 5.74) is 0.768. The Balaban J connectivity index is 1.65. The summed E-state index contributed by atoms with van der Waals surface area (Å²) in [5, 5.41) is 0. The molecular weight excluding hydrogens is 262 g/mol. The van der Waals surface area contributed by atoms with Crippen LogP contribution in [0.1, 0.15) is 58.3 Å². The van der Waals surface area contributed by atoms with Crippen molar-refractivity contribution in [2.75, 3.05) is 0 Å². The molecule has 0 N–H and O–H groups in total. The molecule has 0 spiro atoms. The second kappa shape index (κ2) is 5.06. The van der Waals surface area contributed by atoms with E-state index < -0.39 is 5.92 Å². The number of alkyl halides is 2. The molecule has 2 aliphatic carbocycles. The zero-order valence-electron chi connectivity index (χ0n) is 12.2. The molecule has 0 aromatic rings. The second-order valence-corrected chi connectivity index (χ2v) is 6.79. The molecule has 2 nitrogen and oxygen atoms in total. The summed E-state index contributed by atoms with van der Waals surface area (Å²) in [6.45, 7) is 5.83. The molecule has 3 aliphatic rings. The molecule has 4 heteroatoms. The van der Waals surface area contributed by atoms with E-state index in [1.807, 2.05) is 6.92 Å². The predicted molar refractivity (Wildman–Crippen MR) is 72.7 cm³/mol. The van der Waals surface area contributed by atoms with Crippen molar-refractivity contribution < 1.29 is 18.3 Å². The number of rotatable bonds is 4. The van der Waals surface area contributed by atoms with Gasteiger partial charge in [-0.25, -0.2) is 8.78 Å². The minimum absolute atomic E-state index is 0.0116. The van der Waals surface area contributed by atoms with Gasteiger partial charge in [-0.15, -0.1) is 0 Å². The molecule has 0 aromatic carbocycles. The molecule has 0 aromatic heterocycles. The normalized spacial score (nSPS) is 36.0. The average molecular weight is 286 g/mol. The molecule has 3 fully saturated rings. The van der Waals surface area contributed by atoms with Crippen LogP contribution in [0.2, 0.25) is 0 Å². The van der Waals surface area contributed by atoms with Crippen LogP contribution in [0.15, 0.2) is 12.2 Å². The maximum absolute atomic E-state index is 13.4. The number of hydrogen-bond donors (Lipinski definition) is 0. The first-order chi connectivity index (χ1) is 9.42. The number of ether oxygens (including phenoxy) is 2. The summed E-state index contributed by atoms with van der Waals surface area (Å²) in [5.74, 6) is -2.20. The third kappa shape index (κ3) is 2.77. The first-order valence-corrected chi connectivity index (χ1v) is 7.78. The highest BCUT2D eigenvalue weighted by Crippen LogP contribution is 2.50. The Kier molecular flexibility index (Phi) is 3.66. The Morgan fingerprint density at radius 3 is 2.25 bits per heavy atom. The van der Waals surface area contributed by atoms with Gasteiger partial charge in [0, 0.05) is 12.8 Å². The molecule has 0 bridgehead atoms. The summed E-state index contributed by atoms with van der Waals surface area (Å²) in [6, 6.07) is 0. The van der Waals surface area contributed by atoms with E-state index in [0.717, 1.165) is 31.3 Å². The van der Waals surface area contributed by atoms with Crippen LogP contribution in [0.4, 0.5) is 8.78 Å². The third-order valence-electron chi connectivity index (χ3n) is 5.20. The summed E-state index contributed by atoms with van der Waals surface area (Å²) >= 11 is 0. The molecule has 20 heavy (non-hydrogen) atoms. The Labute approximate surface area is 119 Å². The summed E-state index contributed by atoms with van der Waals surface area (Å²) < 4.78 is 38.5. The number of epoxide rings is 1. The summed E-state index contributed by atoms with van der Waals surface area (Å²) in [6.07, 6.45) is 5.27. The largest absolute Gasteiger partial charge is 0.343 e. The lowest BCUT2D eigenvalue weighted by atomic mass is 9.74. The SMILES string of the molecule is C=C(C)C1OC1OC1(C2CCC(F)(F)CC2)CCCC1. The summed E-state index contributed by atoms with van der Waals surface area (Å²) in [7, 11) is 0. The van der Waals surface area contributed by atoms with Crippen molar-refractivity contribution in [1.29, 1.82) is 0 Å². The van der Waals surface area contributed by atoms with Crippen LogP contribution in [-0.2, 0) is 9.47 Å². The maximum atomic E-state index is 13.4. The molecule has 2 unspecified atom stereocenters. The second-order valence-electron chi connectivity index (χ2n) is 6.79. The highest BCUT2D eigenvalue weighted by molar-refractivity contribution is 5.08. The molecular formula is C16H24F2O2. The van der Waals surface area contributed by atoms with Gasteiger partial charge in [-0.1, -0.05) is 19.4 Å². The van der Waals surface area contributed by atoms with Crippen LogP contribution in [0.5, 0.6) is 0 Å². The zero-order chi connectivity index (χ0) is 14.4. The molecule has 1 saturated heterocycles. The van der Waals surface area contributed by atoms with Gasteiger partial charge in [0.15, 0.2) is 6.29 Å². The Bertz CT molecular complexity index is 378. The van der Waals surface area contributed by atoms with Crippen LogP contribution < -0.4 is 0 Å². The monoisotopic (exact) mass is 286 g/mol. The molecule has 2 atom stereocenters. The van der Waals surface area contributed by atoms with Crippen molar-refractivity contribution >= 4 is 0 Å². The van der Waals surface area contributed by atoms with E-state index in [0.29, 0.717) is 12.8 Å². The van der Waals surface area contributed by atoms with Gasteiger partial charge in [0.2, 0.25) is 5.92 Å². The Morgan fingerprint density at radius 1 is 1.15 bits per heavy atom. The first-order valence-electron chi connectivity index (χ1n) is 7.78. The lowest BCUT2D eigenvalue weighted by Crippen LogP contribution is -2.43. The molecule has 1 aliphatic heterocycles. The van der Waals surface area contributed by atoms with Gasteiger partial charge in [-0.2, -0.15) is 0 Å². The molecule has 2 saturated carbocycles. The van der Waals surface area contributed by atoms with Crippen LogP contribution in [-0.4, -0.2) is 23.9 Å². The van der Waals surface area contributed by atoms with Crippen molar-refractivity contribution in [3.63, 3.8) is 0 Å². The molecule has 1 heterocycles. The highest BCUT2D eigenvalue weighted by Gasteiger charge is 2.52. The van der Waals surface area contributed by atoms with Crippen molar-refractivity contribution in [2.24, 2.45) is 5.92 Å². The lowest BCUT2D eigenvalue weighted by Gasteiger charge is -2.41. The summed E-state index contributed by atoms with van der Waals surface area (Å²) in [4.78, 5) is 0. The van der Waals surface area contributed by atoms with E-state index in [1.54, 1.807) is 0 Å². The molecule has 114 valence electrons. The fourth-order valence-corrected chi connectivity index (χ4v) is 3.93. The van der Waals surface area contributed by atoms with E-state index >= 15 is 0 Å². The maximum Gasteiger partial charge on any atom is 0.248 e. The number of halogens is 2. The minimum Gasteiger partial charge on any atom is -0.343 e. The van der Waals surface area contributed by atoms with Gasteiger partial charge in [-0.05, 0) is 44.1 Å². The van der Waals surface area contributed by atoms with E-state index in [2.05, 4.69) is 6.58 Å². The van der Waals surface area contributed by atoms with Crippen LogP contribution in [0.3, 0.4) is 0 Å². The molecule has 3 rings (SSSR count). The Morgan fingerprint density at radius 2 is 1.75 bits per heavy atom. The van der Waals surface area contributed by atoms with E-state index in [-0.39, 0.29) is 36.8 Å². The standard InChI is InChI=1S/C16H24F2O2/c1-11(2)13-14(19-13)20-15(7-3-4-8-15)12-5-9-16(17,18)10-6-12/h12-14H,1,3-10H2,2H3. The van der Waals surface area contributed by atoms with Gasteiger partial charge in [0.25, 0.3) is 0 Å². The quantitative estimate of drug-likeness (QED) is 0.563. The van der Waals surface area contributed by atoms with Crippen LogP contribution >= 0.6 is 0 Å². The lowest BCUT2D eigenvalue weighted by molar-refractivity contribution is -0.147. The van der Waals surface area contributed by atoms with Crippen LogP contribution in [0, 0.1) is 5.92 Å². The van der Waals surface area contributed by atoms with E-state index in [9.17, 15) is 8.78 Å². The van der Waals surface area contributed by atoms with Crippen molar-refractivity contribution in [1.82, 2.24) is 0 Å². The zero-order valence-corrected chi connectivity index (χ0v) is 12.2. The van der Waals surface area contributed by atoms with E-state index in [1.165, 1.54) is 0 Å². The van der Waals surface area contributed by atoms with E-state index in [4.69, 9.17) is 9.47 Å². The minimum atomic E-state index is -2.47. The van der Waals surface area contributed by atoms with Gasteiger partial charge in [-0.3, -0.25) is 0 Å². The Hall–Kier alpha value is -0.480. The fourth-order valence-electron chi connectivity index (χ4n) is 3.93. The fraction of sp³-hybridized carbons (Fsp3) is 0.875. The smallest absolute Gasteiger partial charge is 0.248 e. The van der Waals surface area contributed by atoms with Crippen LogP contribution in [0.25, 0.3) is 0 Å². The van der Waals surface area contributed by atoms with Gasteiger partial charge in [0.1, 0.15) is 6.10 Å². The average Bonchev–Trinajstić information content (AvgIpc) is 2.97. The van der Waals surface area contributed by atoms with Crippen molar-refractivity contribution in [3.8, 4) is 0 Å². The predicted octanol–water partition coefficient (Wildman–Crippen LogP) is 4.44. The third-order valence-corrected chi connectivity index (χ3v) is 5.20. The molecule has 0 radical (unpaired) electrons. The van der Waals surface area contributed by atoms with Crippen molar-refractivity contribution in [3.05, 3.63) is 12.2 Å². The first kappa shape index (κ1) is 14.5. The highest BCUT2D eigenvalue weighted by atomic mass is 19.3.